The zero-order chi connectivity index (χ0) is 32.9. The van der Waals surface area contributed by atoms with Crippen LogP contribution in [0, 0.1) is 0 Å². The van der Waals surface area contributed by atoms with Crippen LogP contribution in [0.25, 0.3) is 6.08 Å². The summed E-state index contributed by atoms with van der Waals surface area (Å²) in [5.74, 6) is -1.62. The van der Waals surface area contributed by atoms with Gasteiger partial charge in [-0.15, -0.1) is 11.8 Å². The predicted molar refractivity (Wildman–Crippen MR) is 184 cm³/mol. The molecule has 1 atom stereocenters. The Morgan fingerprint density at radius 3 is 2.26 bits per heavy atom. The molecule has 10 heteroatoms. The van der Waals surface area contributed by atoms with Crippen LogP contribution in [0.1, 0.15) is 53.0 Å². The van der Waals surface area contributed by atoms with Gasteiger partial charge in [0.1, 0.15) is 5.70 Å². The molecule has 3 N–H and O–H groups in total. The van der Waals surface area contributed by atoms with Crippen LogP contribution < -0.4 is 16.0 Å². The number of hydrogen-bond donors (Lipinski definition) is 3. The zero-order valence-electron chi connectivity index (χ0n) is 25.4. The number of benzene rings is 4. The molecule has 0 radical (unpaired) electrons. The van der Waals surface area contributed by atoms with Crippen molar-refractivity contribution in [3.8, 4) is 0 Å². The summed E-state index contributed by atoms with van der Waals surface area (Å²) in [6.45, 7) is 4.17. The van der Waals surface area contributed by atoms with Crippen molar-refractivity contribution in [1.29, 1.82) is 0 Å². The van der Waals surface area contributed by atoms with E-state index in [2.05, 4.69) is 16.0 Å². The van der Waals surface area contributed by atoms with E-state index >= 15 is 0 Å². The summed E-state index contributed by atoms with van der Waals surface area (Å²) >= 11 is 7.64. The van der Waals surface area contributed by atoms with Gasteiger partial charge >= 0.3 is 5.97 Å². The third kappa shape index (κ3) is 10.1. The standard InChI is InChI=1S/C36H34ClN3O5S/c1-3-4-21-45-36(44)26-17-19-28(20-18-26)38-33(41)24(2)46-30-15-10-14-29(23-30)39-35(43)32(22-27-13-8-9-16-31(27)37)40-34(42)25-11-6-5-7-12-25/h5-20,22-24H,3-4,21H2,1-2H3,(H,38,41)(H,39,43)(H,40,42)/b32-22+. The van der Waals surface area contributed by atoms with E-state index in [1.54, 1.807) is 104 Å². The van der Waals surface area contributed by atoms with Crippen molar-refractivity contribution in [2.75, 3.05) is 17.2 Å². The fraction of sp³-hybridized carbons (Fsp3) is 0.167. The number of ether oxygens (including phenoxy) is 1. The number of unbranched alkanes of at least 4 members (excludes halogenated alkanes) is 1. The molecule has 4 aromatic rings. The van der Waals surface area contributed by atoms with Gasteiger partial charge in [-0.3, -0.25) is 14.4 Å². The lowest BCUT2D eigenvalue weighted by Gasteiger charge is -2.14. The first kappa shape index (κ1) is 34.0. The number of amides is 3. The Balaban J connectivity index is 1.40. The van der Waals surface area contributed by atoms with Crippen LogP contribution in [-0.2, 0) is 14.3 Å². The van der Waals surface area contributed by atoms with Crippen molar-refractivity contribution in [3.63, 3.8) is 0 Å². The maximum atomic E-state index is 13.4. The number of carbonyl (C=O) groups is 4. The van der Waals surface area contributed by atoms with E-state index in [-0.39, 0.29) is 11.6 Å². The highest BCUT2D eigenvalue weighted by atomic mass is 35.5. The molecule has 8 nitrogen and oxygen atoms in total. The van der Waals surface area contributed by atoms with Gasteiger partial charge in [-0.05, 0) is 85.6 Å². The number of nitrogens with one attached hydrogen (secondary N) is 3. The van der Waals surface area contributed by atoms with Crippen molar-refractivity contribution in [2.24, 2.45) is 0 Å². The van der Waals surface area contributed by atoms with Crippen LogP contribution in [0.15, 0.2) is 114 Å². The topological polar surface area (TPSA) is 114 Å². The maximum Gasteiger partial charge on any atom is 0.338 e. The van der Waals surface area contributed by atoms with Crippen LogP contribution >= 0.6 is 23.4 Å². The summed E-state index contributed by atoms with van der Waals surface area (Å²) < 4.78 is 5.22. The second kappa shape index (κ2) is 17.0. The Morgan fingerprint density at radius 2 is 1.54 bits per heavy atom. The average Bonchev–Trinajstić information content (AvgIpc) is 3.06. The van der Waals surface area contributed by atoms with Crippen molar-refractivity contribution < 1.29 is 23.9 Å². The molecule has 4 rings (SSSR count). The molecule has 0 spiro atoms. The molecule has 0 aliphatic carbocycles. The average molecular weight is 656 g/mol. The number of hydrogen-bond acceptors (Lipinski definition) is 6. The Morgan fingerprint density at radius 1 is 0.826 bits per heavy atom. The van der Waals surface area contributed by atoms with Crippen LogP contribution in [-0.4, -0.2) is 35.5 Å². The summed E-state index contributed by atoms with van der Waals surface area (Å²) in [5.41, 5.74) is 2.41. The van der Waals surface area contributed by atoms with Gasteiger partial charge in [0.25, 0.3) is 11.8 Å². The van der Waals surface area contributed by atoms with E-state index in [1.165, 1.54) is 17.8 Å². The highest BCUT2D eigenvalue weighted by Gasteiger charge is 2.18. The second-order valence-corrected chi connectivity index (χ2v) is 12.0. The number of halogens is 1. The zero-order valence-corrected chi connectivity index (χ0v) is 27.0. The predicted octanol–water partition coefficient (Wildman–Crippen LogP) is 7.83. The summed E-state index contributed by atoms with van der Waals surface area (Å²) in [5, 5.41) is 8.34. The third-order valence-electron chi connectivity index (χ3n) is 6.63. The van der Waals surface area contributed by atoms with Crippen LogP contribution in [0.2, 0.25) is 5.02 Å². The first-order valence-corrected chi connectivity index (χ1v) is 16.0. The monoisotopic (exact) mass is 655 g/mol. The minimum atomic E-state index is -0.546. The van der Waals surface area contributed by atoms with E-state index < -0.39 is 23.0 Å². The molecular formula is C36H34ClN3O5S. The van der Waals surface area contributed by atoms with Gasteiger partial charge in [0.2, 0.25) is 5.91 Å². The number of carbonyl (C=O) groups excluding carboxylic acids is 4. The lowest BCUT2D eigenvalue weighted by Crippen LogP contribution is -2.30. The van der Waals surface area contributed by atoms with Gasteiger partial charge in [0.15, 0.2) is 0 Å². The summed E-state index contributed by atoms with van der Waals surface area (Å²) in [6.07, 6.45) is 3.26. The van der Waals surface area contributed by atoms with Gasteiger partial charge in [0.05, 0.1) is 17.4 Å². The molecule has 0 saturated carbocycles. The Kier molecular flexibility index (Phi) is 12.6. The number of esters is 1. The SMILES string of the molecule is CCCCOC(=O)c1ccc(NC(=O)C(C)Sc2cccc(NC(=O)/C(=C\c3ccccc3Cl)NC(=O)c3ccccc3)c2)cc1. The fourth-order valence-corrected chi connectivity index (χ4v) is 5.24. The van der Waals surface area contributed by atoms with Crippen LogP contribution in [0.3, 0.4) is 0 Å². The minimum absolute atomic E-state index is 0.00740. The van der Waals surface area contributed by atoms with Crippen LogP contribution in [0.5, 0.6) is 0 Å². The summed E-state index contributed by atoms with van der Waals surface area (Å²) in [6, 6.07) is 29.2. The number of anilines is 2. The van der Waals surface area contributed by atoms with Crippen molar-refractivity contribution in [1.82, 2.24) is 5.32 Å². The molecule has 0 aromatic heterocycles. The molecular weight excluding hydrogens is 622 g/mol. The third-order valence-corrected chi connectivity index (χ3v) is 8.06. The molecule has 0 aliphatic heterocycles. The maximum absolute atomic E-state index is 13.4. The molecule has 0 saturated heterocycles. The second-order valence-electron chi connectivity index (χ2n) is 10.2. The lowest BCUT2D eigenvalue weighted by atomic mass is 10.1. The van der Waals surface area contributed by atoms with Crippen molar-refractivity contribution >= 4 is 64.5 Å². The highest BCUT2D eigenvalue weighted by molar-refractivity contribution is 8.00. The smallest absolute Gasteiger partial charge is 0.338 e. The first-order valence-electron chi connectivity index (χ1n) is 14.7. The Labute approximate surface area is 277 Å². The van der Waals surface area contributed by atoms with E-state index in [0.717, 1.165) is 17.7 Å². The van der Waals surface area contributed by atoms with Crippen molar-refractivity contribution in [3.05, 3.63) is 131 Å². The highest BCUT2D eigenvalue weighted by Crippen LogP contribution is 2.27. The van der Waals surface area contributed by atoms with E-state index in [0.29, 0.717) is 39.7 Å². The molecule has 0 aliphatic rings. The molecule has 0 heterocycles. The molecule has 46 heavy (non-hydrogen) atoms. The molecule has 1 unspecified atom stereocenters. The van der Waals surface area contributed by atoms with E-state index in [1.807, 2.05) is 13.0 Å². The number of thioether (sulfide) groups is 1. The normalized spacial score (nSPS) is 11.7. The van der Waals surface area contributed by atoms with Gasteiger partial charge in [-0.25, -0.2) is 4.79 Å². The van der Waals surface area contributed by atoms with Crippen LogP contribution in [0.4, 0.5) is 11.4 Å². The molecule has 236 valence electrons. The molecule has 0 bridgehead atoms. The van der Waals surface area contributed by atoms with Crippen molar-refractivity contribution in [2.45, 2.75) is 36.8 Å². The molecule has 4 aromatic carbocycles. The van der Waals surface area contributed by atoms with Gasteiger partial charge in [-0.2, -0.15) is 0 Å². The quantitative estimate of drug-likeness (QED) is 0.0586. The minimum Gasteiger partial charge on any atom is -0.462 e. The Hall–Kier alpha value is -4.86. The largest absolute Gasteiger partial charge is 0.462 e. The van der Waals surface area contributed by atoms with Gasteiger partial charge in [-0.1, -0.05) is 67.4 Å². The lowest BCUT2D eigenvalue weighted by molar-refractivity contribution is -0.115. The molecule has 0 fully saturated rings. The van der Waals surface area contributed by atoms with E-state index in [4.69, 9.17) is 16.3 Å². The molecule has 3 amide bonds. The van der Waals surface area contributed by atoms with Gasteiger partial charge < -0.3 is 20.7 Å². The first-order chi connectivity index (χ1) is 22.2. The summed E-state index contributed by atoms with van der Waals surface area (Å²) in [4.78, 5) is 52.2. The Bertz CT molecular complexity index is 1710. The number of rotatable bonds is 13. The van der Waals surface area contributed by atoms with Gasteiger partial charge in [0, 0.05) is 26.9 Å². The summed E-state index contributed by atoms with van der Waals surface area (Å²) in [7, 11) is 0. The fourth-order valence-electron chi connectivity index (χ4n) is 4.12. The van der Waals surface area contributed by atoms with E-state index in [9.17, 15) is 19.2 Å².